The van der Waals surface area contributed by atoms with Crippen LogP contribution in [0.25, 0.3) is 0 Å². The van der Waals surface area contributed by atoms with Gasteiger partial charge in [0.05, 0.1) is 29.8 Å². The molecule has 2 N–H and O–H groups in total. The Morgan fingerprint density at radius 3 is 2.75 bits per heavy atom. The highest BCUT2D eigenvalue weighted by Gasteiger charge is 2.44. The van der Waals surface area contributed by atoms with Gasteiger partial charge in [-0.15, -0.1) is 0 Å². The number of nitrogens with zero attached hydrogens (tertiary/aromatic N) is 5. The molecular formula is C34H41ClN6O6S. The lowest BCUT2D eigenvalue weighted by Crippen LogP contribution is -2.49. The van der Waals surface area contributed by atoms with Crippen molar-refractivity contribution in [3.63, 3.8) is 0 Å². The molecule has 1 saturated heterocycles. The number of primary sulfonamides is 1. The van der Waals surface area contributed by atoms with Crippen LogP contribution < -0.4 is 14.8 Å². The van der Waals surface area contributed by atoms with Crippen molar-refractivity contribution in [2.75, 3.05) is 51.3 Å². The average Bonchev–Trinajstić information content (AvgIpc) is 3.75. The Morgan fingerprint density at radius 2 is 2.00 bits per heavy atom. The Labute approximate surface area is 285 Å². The number of ether oxygens (including phenoxy) is 2. The van der Waals surface area contributed by atoms with Gasteiger partial charge in [-0.2, -0.15) is 0 Å². The number of hydrogen-bond donors (Lipinski definition) is 1. The monoisotopic (exact) mass is 696 g/mol. The van der Waals surface area contributed by atoms with E-state index in [0.717, 1.165) is 32.1 Å². The van der Waals surface area contributed by atoms with Gasteiger partial charge in [0.2, 0.25) is 10.0 Å². The molecule has 0 radical (unpaired) electrons. The van der Waals surface area contributed by atoms with Gasteiger partial charge >= 0.3 is 12.1 Å². The van der Waals surface area contributed by atoms with E-state index in [0.29, 0.717) is 62.3 Å². The lowest BCUT2D eigenvalue weighted by atomic mass is 9.69. The summed E-state index contributed by atoms with van der Waals surface area (Å²) in [5, 5.41) is 6.27. The lowest BCUT2D eigenvalue weighted by Gasteiger charge is -2.44. The quantitative estimate of drug-likeness (QED) is 0.398. The fraction of sp³-hybridized carbons (Fsp3) is 0.500. The van der Waals surface area contributed by atoms with Gasteiger partial charge in [-0.25, -0.2) is 28.1 Å². The molecule has 4 aliphatic rings. The summed E-state index contributed by atoms with van der Waals surface area (Å²) in [5.41, 5.74) is 2.85. The molecule has 1 saturated carbocycles. The third kappa shape index (κ3) is 6.35. The van der Waals surface area contributed by atoms with E-state index in [1.54, 1.807) is 41.4 Å². The average molecular weight is 697 g/mol. The van der Waals surface area contributed by atoms with Crippen molar-refractivity contribution in [2.45, 2.75) is 54.9 Å². The van der Waals surface area contributed by atoms with Gasteiger partial charge < -0.3 is 24.2 Å². The van der Waals surface area contributed by atoms with E-state index in [9.17, 15) is 18.0 Å². The topological polar surface area (TPSA) is 140 Å². The van der Waals surface area contributed by atoms with Crippen LogP contribution in [-0.4, -0.2) is 92.4 Å². The Hall–Kier alpha value is -3.81. The summed E-state index contributed by atoms with van der Waals surface area (Å²) in [6.07, 6.45) is 9.69. The number of sulfonamides is 1. The van der Waals surface area contributed by atoms with Crippen LogP contribution in [0.2, 0.25) is 5.02 Å². The molecule has 2 aliphatic heterocycles. The van der Waals surface area contributed by atoms with E-state index in [2.05, 4.69) is 16.0 Å². The van der Waals surface area contributed by atoms with E-state index >= 15 is 0 Å². The summed E-state index contributed by atoms with van der Waals surface area (Å²) in [4.78, 5) is 35.4. The number of imidazole rings is 1. The van der Waals surface area contributed by atoms with Crippen molar-refractivity contribution < 1.29 is 27.5 Å². The molecule has 3 aromatic rings. The van der Waals surface area contributed by atoms with E-state index in [1.165, 1.54) is 28.1 Å². The number of carbonyl (C=O) groups excluding carboxylic acids is 2. The molecule has 4 atom stereocenters. The maximum absolute atomic E-state index is 13.1. The van der Waals surface area contributed by atoms with Gasteiger partial charge in [0.25, 0.3) is 0 Å². The SMILES string of the molecule is CN(C(=O)OC[C@@H]1CC[C@H]1CN1C[C@@]2(CCCc3cc(Cl)ccc32)COc2ccc(S(N)(=O)=O)cc21)[C@@H]1CCN(C(=O)n2ccnc2)C1. The molecule has 0 unspecified atom stereocenters. The Morgan fingerprint density at radius 1 is 1.17 bits per heavy atom. The van der Waals surface area contributed by atoms with Crippen LogP contribution in [-0.2, 0) is 26.6 Å². The number of benzene rings is 2. The van der Waals surface area contributed by atoms with Crippen molar-refractivity contribution >= 4 is 39.4 Å². The van der Waals surface area contributed by atoms with Crippen molar-refractivity contribution in [1.82, 2.24) is 19.4 Å². The van der Waals surface area contributed by atoms with Crippen LogP contribution in [0.4, 0.5) is 15.3 Å². The first-order chi connectivity index (χ1) is 23.0. The second-order valence-electron chi connectivity index (χ2n) is 13.7. The number of aromatic nitrogens is 2. The van der Waals surface area contributed by atoms with Crippen LogP contribution in [0.5, 0.6) is 5.75 Å². The maximum atomic E-state index is 13.1. The van der Waals surface area contributed by atoms with Crippen LogP contribution >= 0.6 is 11.6 Å². The molecule has 3 heterocycles. The lowest BCUT2D eigenvalue weighted by molar-refractivity contribution is 0.0441. The van der Waals surface area contributed by atoms with Crippen molar-refractivity contribution in [3.8, 4) is 5.75 Å². The van der Waals surface area contributed by atoms with Gasteiger partial charge in [-0.05, 0) is 91.8 Å². The Bertz CT molecular complexity index is 1800. The van der Waals surface area contributed by atoms with Crippen molar-refractivity contribution in [3.05, 3.63) is 71.3 Å². The second kappa shape index (κ2) is 12.9. The van der Waals surface area contributed by atoms with Crippen LogP contribution in [0.15, 0.2) is 60.0 Å². The van der Waals surface area contributed by atoms with Crippen LogP contribution in [0.1, 0.15) is 43.2 Å². The fourth-order valence-electron chi connectivity index (χ4n) is 7.85. The van der Waals surface area contributed by atoms with Gasteiger partial charge in [0, 0.05) is 56.1 Å². The minimum atomic E-state index is -3.93. The molecule has 2 aliphatic carbocycles. The third-order valence-corrected chi connectivity index (χ3v) is 11.9. The number of halogens is 1. The second-order valence-corrected chi connectivity index (χ2v) is 15.7. The summed E-state index contributed by atoms with van der Waals surface area (Å²) in [6.45, 7) is 3.04. The van der Waals surface area contributed by atoms with Crippen molar-refractivity contribution in [1.29, 1.82) is 0 Å². The smallest absolute Gasteiger partial charge is 0.409 e. The zero-order valence-electron chi connectivity index (χ0n) is 27.0. The summed E-state index contributed by atoms with van der Waals surface area (Å²) >= 11 is 6.39. The number of rotatable bonds is 6. The summed E-state index contributed by atoms with van der Waals surface area (Å²) in [6, 6.07) is 10.6. The third-order valence-electron chi connectivity index (χ3n) is 10.8. The maximum Gasteiger partial charge on any atom is 0.409 e. The molecule has 12 nitrogen and oxygen atoms in total. The van der Waals surface area contributed by atoms with Gasteiger partial charge in [0.15, 0.2) is 0 Å². The van der Waals surface area contributed by atoms with E-state index in [4.69, 9.17) is 26.2 Å². The number of hydrogen-bond acceptors (Lipinski definition) is 8. The number of anilines is 1. The Balaban J connectivity index is 1.05. The van der Waals surface area contributed by atoms with Crippen LogP contribution in [0.3, 0.4) is 0 Å². The number of likely N-dealkylation sites (tertiary alicyclic amines) is 1. The zero-order chi connectivity index (χ0) is 33.6. The fourth-order valence-corrected chi connectivity index (χ4v) is 8.58. The molecule has 7 rings (SSSR count). The predicted molar refractivity (Wildman–Crippen MR) is 180 cm³/mol. The van der Waals surface area contributed by atoms with E-state index in [1.807, 2.05) is 12.1 Å². The molecule has 0 bridgehead atoms. The largest absolute Gasteiger partial charge is 0.490 e. The number of amides is 2. The minimum absolute atomic E-state index is 0.0426. The first-order valence-electron chi connectivity index (χ1n) is 16.5. The highest BCUT2D eigenvalue weighted by molar-refractivity contribution is 7.89. The molecular weight excluding hydrogens is 656 g/mol. The number of likely N-dealkylation sites (N-methyl/N-ethyl adjacent to an activating group) is 1. The number of carbonyl (C=O) groups is 2. The first-order valence-corrected chi connectivity index (χ1v) is 18.4. The molecule has 14 heteroatoms. The van der Waals surface area contributed by atoms with Crippen molar-refractivity contribution in [2.24, 2.45) is 17.0 Å². The van der Waals surface area contributed by atoms with E-state index in [-0.39, 0.29) is 34.2 Å². The van der Waals surface area contributed by atoms with Gasteiger partial charge in [0.1, 0.15) is 12.1 Å². The molecule has 2 fully saturated rings. The Kier molecular flexibility index (Phi) is 8.80. The molecule has 2 amide bonds. The molecule has 48 heavy (non-hydrogen) atoms. The summed E-state index contributed by atoms with van der Waals surface area (Å²) in [5.74, 6) is 1.02. The number of aryl methyl sites for hydroxylation is 1. The molecule has 2 aromatic carbocycles. The standard InChI is InChI=1S/C34H41ClN6O6S/c1-38(27-10-13-39(18-27)32(42)40-14-12-37-22-40)33(43)46-19-25-5-4-24(25)17-41-20-34(11-2-3-23-15-26(35)6-8-29(23)34)21-47-31-9-7-28(16-30(31)41)48(36,44)45/h6-9,12,14-16,22,24-25,27H,2-5,10-11,13,17-21H2,1H3,(H2,36,44,45)/t24-,25-,27+,34-/m0/s1. The molecule has 1 spiro atoms. The predicted octanol–water partition coefficient (Wildman–Crippen LogP) is 4.49. The summed E-state index contributed by atoms with van der Waals surface area (Å²) in [7, 11) is -2.20. The first kappa shape index (κ1) is 32.7. The molecule has 256 valence electrons. The normalized spacial score (nSPS) is 25.0. The minimum Gasteiger partial charge on any atom is -0.490 e. The highest BCUT2D eigenvalue weighted by Crippen LogP contribution is 2.46. The zero-order valence-corrected chi connectivity index (χ0v) is 28.5. The van der Waals surface area contributed by atoms with Crippen LogP contribution in [0, 0.1) is 11.8 Å². The van der Waals surface area contributed by atoms with Gasteiger partial charge in [-0.3, -0.25) is 4.57 Å². The highest BCUT2D eigenvalue weighted by atomic mass is 35.5. The molecule has 1 aromatic heterocycles. The summed E-state index contributed by atoms with van der Waals surface area (Å²) < 4.78 is 38.5. The van der Waals surface area contributed by atoms with Gasteiger partial charge in [-0.1, -0.05) is 17.7 Å². The number of fused-ring (bicyclic) bond motifs is 3. The van der Waals surface area contributed by atoms with E-state index < -0.39 is 16.1 Å². The number of nitrogens with two attached hydrogens (primary N) is 1.